The van der Waals surface area contributed by atoms with Crippen LogP contribution in [0.4, 0.5) is 10.3 Å². The van der Waals surface area contributed by atoms with Crippen LogP contribution < -0.4 is 21.9 Å². The summed E-state index contributed by atoms with van der Waals surface area (Å²) in [5, 5.41) is 5.74. The molecule has 1 aromatic carbocycles. The van der Waals surface area contributed by atoms with E-state index in [1.165, 1.54) is 19.1 Å². The lowest BCUT2D eigenvalue weighted by atomic mass is 10.2. The first kappa shape index (κ1) is 42.1. The van der Waals surface area contributed by atoms with E-state index in [0.29, 0.717) is 69.5 Å². The first-order valence-electron chi connectivity index (χ1n) is 16.9. The Morgan fingerprint density at radius 1 is 0.941 bits per heavy atom. The number of hydrogen-bond donors (Lipinski definition) is 4. The number of nitrogens with one attached hydrogen (secondary N) is 3. The van der Waals surface area contributed by atoms with E-state index >= 15 is 0 Å². The van der Waals surface area contributed by atoms with Crippen LogP contribution in [0.3, 0.4) is 0 Å². The van der Waals surface area contributed by atoms with Crippen LogP contribution in [0.1, 0.15) is 38.2 Å². The number of nitrogens with zero attached hydrogens (tertiary/aromatic N) is 3. The SMILES string of the molecule is CC(=O)N[C@@H](CSc1nc2c(=O)[nH]c(N)nc2n1Cc1cccc(F)c1)C(=O)NCCOCCOCCOCCOCCOCCCCCCCl. The zero-order valence-corrected chi connectivity index (χ0v) is 30.5. The molecule has 5 N–H and O–H groups in total. The number of unbranched alkanes of at least 4 members (excludes halogenated alkanes) is 3. The zero-order chi connectivity index (χ0) is 36.7. The molecular weight excluding hydrogens is 709 g/mol. The quantitative estimate of drug-likeness (QED) is 0.0481. The van der Waals surface area contributed by atoms with Crippen molar-refractivity contribution < 1.29 is 37.7 Å². The summed E-state index contributed by atoms with van der Waals surface area (Å²) in [7, 11) is 0. The van der Waals surface area contributed by atoms with Crippen molar-refractivity contribution in [3.8, 4) is 0 Å². The van der Waals surface area contributed by atoms with Crippen molar-refractivity contribution in [1.82, 2.24) is 30.2 Å². The number of ether oxygens (including phenoxy) is 5. The largest absolute Gasteiger partial charge is 0.379 e. The number of anilines is 1. The van der Waals surface area contributed by atoms with Gasteiger partial charge in [0.05, 0.1) is 66.0 Å². The Labute approximate surface area is 305 Å². The molecule has 0 spiro atoms. The maximum atomic E-state index is 13.9. The highest BCUT2D eigenvalue weighted by molar-refractivity contribution is 7.99. The average Bonchev–Trinajstić information content (AvgIpc) is 3.43. The monoisotopic (exact) mass is 757 g/mol. The van der Waals surface area contributed by atoms with Crippen LogP contribution in [0.15, 0.2) is 34.2 Å². The van der Waals surface area contributed by atoms with Gasteiger partial charge >= 0.3 is 0 Å². The lowest BCUT2D eigenvalue weighted by Gasteiger charge is -2.17. The second kappa shape index (κ2) is 24.8. The van der Waals surface area contributed by atoms with Gasteiger partial charge in [0.2, 0.25) is 17.8 Å². The molecule has 51 heavy (non-hydrogen) atoms. The molecule has 0 saturated heterocycles. The van der Waals surface area contributed by atoms with Gasteiger partial charge in [0, 0.05) is 31.7 Å². The number of nitrogen functional groups attached to an aromatic ring is 1. The molecule has 2 amide bonds. The van der Waals surface area contributed by atoms with Gasteiger partial charge in [-0.2, -0.15) is 4.98 Å². The number of aromatic nitrogens is 4. The van der Waals surface area contributed by atoms with E-state index in [-0.39, 0.29) is 42.6 Å². The first-order valence-corrected chi connectivity index (χ1v) is 18.4. The van der Waals surface area contributed by atoms with Crippen molar-refractivity contribution >= 4 is 52.3 Å². The molecule has 0 bridgehead atoms. The van der Waals surface area contributed by atoms with Crippen LogP contribution in [-0.4, -0.2) is 122 Å². The van der Waals surface area contributed by atoms with E-state index in [0.717, 1.165) is 44.1 Å². The highest BCUT2D eigenvalue weighted by Crippen LogP contribution is 2.24. The van der Waals surface area contributed by atoms with E-state index < -0.39 is 29.2 Å². The summed E-state index contributed by atoms with van der Waals surface area (Å²) < 4.78 is 43.0. The van der Waals surface area contributed by atoms with Crippen LogP contribution in [0.5, 0.6) is 0 Å². The van der Waals surface area contributed by atoms with Crippen molar-refractivity contribution in [2.75, 3.05) is 90.0 Å². The fourth-order valence-electron chi connectivity index (χ4n) is 4.67. The number of aromatic amines is 1. The molecule has 0 unspecified atom stereocenters. The molecule has 18 heteroatoms. The van der Waals surface area contributed by atoms with Crippen LogP contribution in [0.2, 0.25) is 0 Å². The number of hydrogen-bond acceptors (Lipinski definition) is 12. The molecule has 2 heterocycles. The minimum atomic E-state index is -0.922. The van der Waals surface area contributed by atoms with Gasteiger partial charge in [0.25, 0.3) is 5.56 Å². The minimum absolute atomic E-state index is 0.0415. The molecule has 0 aliphatic carbocycles. The van der Waals surface area contributed by atoms with E-state index in [2.05, 4.69) is 25.6 Å². The Balaban J connectivity index is 1.30. The third-order valence-electron chi connectivity index (χ3n) is 7.10. The molecule has 3 aromatic rings. The van der Waals surface area contributed by atoms with Crippen LogP contribution >= 0.6 is 23.4 Å². The van der Waals surface area contributed by atoms with Gasteiger partial charge < -0.3 is 40.1 Å². The molecule has 0 aliphatic heterocycles. The molecule has 0 aliphatic rings. The van der Waals surface area contributed by atoms with E-state index in [9.17, 15) is 18.8 Å². The van der Waals surface area contributed by atoms with Crippen molar-refractivity contribution in [3.05, 3.63) is 46.0 Å². The third kappa shape index (κ3) is 16.7. The Bertz CT molecular complexity index is 1530. The van der Waals surface area contributed by atoms with Crippen molar-refractivity contribution in [2.45, 2.75) is 50.4 Å². The maximum absolute atomic E-state index is 13.9. The predicted octanol–water partition coefficient (Wildman–Crippen LogP) is 2.48. The first-order chi connectivity index (χ1) is 24.8. The number of rotatable bonds is 28. The van der Waals surface area contributed by atoms with E-state index in [1.54, 1.807) is 16.7 Å². The Hall–Kier alpha value is -3.32. The number of amides is 2. The highest BCUT2D eigenvalue weighted by atomic mass is 35.5. The van der Waals surface area contributed by atoms with Crippen molar-refractivity contribution in [1.29, 1.82) is 0 Å². The van der Waals surface area contributed by atoms with Gasteiger partial charge in [-0.05, 0) is 30.5 Å². The van der Waals surface area contributed by atoms with Crippen LogP contribution in [0, 0.1) is 5.82 Å². The Morgan fingerprint density at radius 3 is 2.20 bits per heavy atom. The van der Waals surface area contributed by atoms with E-state index in [1.807, 2.05) is 0 Å². The Morgan fingerprint density at radius 2 is 1.57 bits per heavy atom. The maximum Gasteiger partial charge on any atom is 0.280 e. The number of alkyl halides is 1. The fourth-order valence-corrected chi connectivity index (χ4v) is 5.87. The number of benzene rings is 1. The predicted molar refractivity (Wildman–Crippen MR) is 193 cm³/mol. The lowest BCUT2D eigenvalue weighted by Crippen LogP contribution is -2.48. The molecule has 284 valence electrons. The number of carbonyl (C=O) groups excluding carboxylic acids is 2. The molecule has 1 atom stereocenters. The van der Waals surface area contributed by atoms with Crippen molar-refractivity contribution in [2.24, 2.45) is 0 Å². The summed E-state index contributed by atoms with van der Waals surface area (Å²) in [6, 6.07) is 5.06. The summed E-state index contributed by atoms with van der Waals surface area (Å²) in [4.78, 5) is 48.5. The number of thioether (sulfide) groups is 1. The molecule has 2 aromatic heterocycles. The number of carbonyl (C=O) groups is 2. The van der Waals surface area contributed by atoms with Gasteiger partial charge in [-0.15, -0.1) is 11.6 Å². The topological polar surface area (TPSA) is 194 Å². The molecule has 3 rings (SSSR count). The molecular formula is C33H49ClFN7O8S. The number of imidazole rings is 1. The zero-order valence-electron chi connectivity index (χ0n) is 29.0. The second-order valence-electron chi connectivity index (χ2n) is 11.3. The molecule has 0 radical (unpaired) electrons. The van der Waals surface area contributed by atoms with Gasteiger partial charge in [0.15, 0.2) is 16.3 Å². The smallest absolute Gasteiger partial charge is 0.280 e. The normalized spacial score (nSPS) is 12.0. The number of fused-ring (bicyclic) bond motifs is 1. The van der Waals surface area contributed by atoms with Gasteiger partial charge in [0.1, 0.15) is 11.9 Å². The Kier molecular flexibility index (Phi) is 20.5. The van der Waals surface area contributed by atoms with Crippen molar-refractivity contribution in [3.63, 3.8) is 0 Å². The summed E-state index contributed by atoms with van der Waals surface area (Å²) in [6.07, 6.45) is 4.37. The summed E-state index contributed by atoms with van der Waals surface area (Å²) >= 11 is 6.79. The summed E-state index contributed by atoms with van der Waals surface area (Å²) in [6.45, 7) is 6.23. The average molecular weight is 758 g/mol. The lowest BCUT2D eigenvalue weighted by molar-refractivity contribution is -0.127. The fraction of sp³-hybridized carbons (Fsp3) is 0.606. The summed E-state index contributed by atoms with van der Waals surface area (Å²) in [5.74, 6) is -0.543. The highest BCUT2D eigenvalue weighted by Gasteiger charge is 2.23. The van der Waals surface area contributed by atoms with Crippen LogP contribution in [-0.2, 0) is 39.8 Å². The third-order valence-corrected chi connectivity index (χ3v) is 8.43. The molecule has 15 nitrogen and oxygen atoms in total. The number of H-pyrrole nitrogens is 1. The number of nitrogens with two attached hydrogens (primary N) is 1. The van der Waals surface area contributed by atoms with Gasteiger partial charge in [-0.1, -0.05) is 36.7 Å². The second-order valence-corrected chi connectivity index (χ2v) is 12.6. The standard InChI is InChI=1S/C33H49ClFN7O8S/c1-24(43)38-27(23-51-33-39-28-29(40-32(36)41-31(28)45)42(33)22-25-7-6-8-26(35)21-25)30(44)37-10-12-47-14-16-49-18-20-50-19-17-48-15-13-46-11-5-3-2-4-9-34/h6-8,21,27H,2-5,9-20,22-23H2,1H3,(H,37,44)(H,38,43)(H3,36,40,41,45)/t27-/m0/s1. The van der Waals surface area contributed by atoms with Gasteiger partial charge in [-0.3, -0.25) is 23.9 Å². The van der Waals surface area contributed by atoms with Gasteiger partial charge in [-0.25, -0.2) is 9.37 Å². The molecule has 0 saturated carbocycles. The molecule has 0 fully saturated rings. The minimum Gasteiger partial charge on any atom is -0.379 e. The summed E-state index contributed by atoms with van der Waals surface area (Å²) in [5.41, 5.74) is 6.09. The van der Waals surface area contributed by atoms with E-state index in [4.69, 9.17) is 41.0 Å². The van der Waals surface area contributed by atoms with Crippen LogP contribution in [0.25, 0.3) is 11.2 Å². The number of halogens is 2.